The maximum atomic E-state index is 11.2. The Labute approximate surface area is 151 Å². The van der Waals surface area contributed by atoms with Crippen LogP contribution in [0, 0.1) is 0 Å². The van der Waals surface area contributed by atoms with Crippen LogP contribution >= 0.6 is 0 Å². The van der Waals surface area contributed by atoms with Gasteiger partial charge in [-0.15, -0.1) is 0 Å². The minimum atomic E-state index is -0.326. The predicted octanol–water partition coefficient (Wildman–Crippen LogP) is 4.93. The molecule has 0 radical (unpaired) electrons. The molecule has 0 spiro atoms. The lowest BCUT2D eigenvalue weighted by atomic mass is 9.97. The van der Waals surface area contributed by atoms with Gasteiger partial charge in [0.1, 0.15) is 0 Å². The predicted molar refractivity (Wildman–Crippen MR) is 106 cm³/mol. The number of carbonyl (C=O) groups is 1. The number of aryl methyl sites for hydroxylation is 1. The van der Waals surface area contributed by atoms with Crippen LogP contribution < -0.4 is 4.90 Å². The zero-order valence-electron chi connectivity index (χ0n) is 16.0. The molecule has 1 heterocycles. The fraction of sp³-hybridized carbons (Fsp3) is 0.409. The van der Waals surface area contributed by atoms with Gasteiger partial charge in [0.05, 0.1) is 7.11 Å². The summed E-state index contributed by atoms with van der Waals surface area (Å²) in [5.41, 5.74) is 6.06. The first kappa shape index (κ1) is 19.0. The molecule has 0 N–H and O–H groups in total. The summed E-state index contributed by atoms with van der Waals surface area (Å²) in [6.07, 6.45) is 9.99. The average molecular weight is 339 g/mol. The molecule has 0 saturated heterocycles. The monoisotopic (exact) mass is 339 g/mol. The lowest BCUT2D eigenvalue weighted by molar-refractivity contribution is -0.134. The van der Waals surface area contributed by atoms with Crippen LogP contribution in [-0.4, -0.2) is 25.7 Å². The Kier molecular flexibility index (Phi) is 6.63. The molecular formula is C22H29NO2. The highest BCUT2D eigenvalue weighted by Gasteiger charge is 2.18. The number of methoxy groups -OCH3 is 1. The smallest absolute Gasteiger partial charge is 0.330 e. The number of anilines is 1. The Morgan fingerprint density at radius 3 is 2.60 bits per heavy atom. The van der Waals surface area contributed by atoms with Crippen molar-refractivity contribution in [3.05, 3.63) is 58.7 Å². The number of benzene rings is 1. The van der Waals surface area contributed by atoms with E-state index < -0.39 is 0 Å². The Hall–Kier alpha value is -2.29. The summed E-state index contributed by atoms with van der Waals surface area (Å²) in [5, 5.41) is 0. The molecule has 0 fully saturated rings. The molecule has 0 aromatic heterocycles. The van der Waals surface area contributed by atoms with Crippen molar-refractivity contribution in [2.24, 2.45) is 0 Å². The second kappa shape index (κ2) is 8.70. The molecule has 2 rings (SSSR count). The molecule has 25 heavy (non-hydrogen) atoms. The van der Waals surface area contributed by atoms with E-state index in [-0.39, 0.29) is 5.97 Å². The van der Waals surface area contributed by atoms with Crippen molar-refractivity contribution in [3.8, 4) is 0 Å². The first-order valence-corrected chi connectivity index (χ1v) is 8.93. The largest absolute Gasteiger partial charge is 0.466 e. The van der Waals surface area contributed by atoms with E-state index in [0.29, 0.717) is 6.04 Å². The summed E-state index contributed by atoms with van der Waals surface area (Å²) in [7, 11) is 1.39. The van der Waals surface area contributed by atoms with Gasteiger partial charge in [-0.3, -0.25) is 0 Å². The summed E-state index contributed by atoms with van der Waals surface area (Å²) >= 11 is 0. The van der Waals surface area contributed by atoms with Crippen molar-refractivity contribution in [1.82, 2.24) is 0 Å². The molecule has 0 atom stereocenters. The highest BCUT2D eigenvalue weighted by atomic mass is 16.5. The Morgan fingerprint density at radius 2 is 1.92 bits per heavy atom. The third kappa shape index (κ3) is 5.35. The molecular weight excluding hydrogens is 310 g/mol. The molecule has 0 amide bonds. The van der Waals surface area contributed by atoms with Crippen molar-refractivity contribution < 1.29 is 9.53 Å². The Morgan fingerprint density at radius 1 is 1.20 bits per heavy atom. The number of carbonyl (C=O) groups excluding carboxylic acids is 1. The van der Waals surface area contributed by atoms with Gasteiger partial charge in [-0.2, -0.15) is 0 Å². The van der Waals surface area contributed by atoms with Gasteiger partial charge in [-0.05, 0) is 69.4 Å². The van der Waals surface area contributed by atoms with Gasteiger partial charge in [0, 0.05) is 24.4 Å². The van der Waals surface area contributed by atoms with Crippen LogP contribution in [-0.2, 0) is 16.0 Å². The van der Waals surface area contributed by atoms with Crippen molar-refractivity contribution in [1.29, 1.82) is 0 Å². The number of ether oxygens (including phenoxy) is 1. The van der Waals surface area contributed by atoms with Crippen molar-refractivity contribution in [3.63, 3.8) is 0 Å². The highest BCUT2D eigenvalue weighted by Crippen LogP contribution is 2.30. The second-order valence-electron chi connectivity index (χ2n) is 6.91. The summed E-state index contributed by atoms with van der Waals surface area (Å²) in [6.45, 7) is 9.61. The van der Waals surface area contributed by atoms with Gasteiger partial charge in [0.2, 0.25) is 0 Å². The van der Waals surface area contributed by atoms with E-state index in [1.54, 1.807) is 0 Å². The number of rotatable bonds is 5. The number of allylic oxidation sites excluding steroid dienone is 4. The SMILES string of the molecule is COC(=O)/C=C(C)/C=C/C(C)=C/c1ccc2c(c1)CCCN2C(C)C. The van der Waals surface area contributed by atoms with Gasteiger partial charge >= 0.3 is 5.97 Å². The van der Waals surface area contributed by atoms with E-state index in [1.165, 1.54) is 36.4 Å². The van der Waals surface area contributed by atoms with Gasteiger partial charge in [0.15, 0.2) is 0 Å². The standard InChI is InChI=1S/C22H29NO2/c1-16(2)23-12-6-7-20-15-19(10-11-21(20)23)13-17(3)8-9-18(4)14-22(24)25-5/h8-11,13-16H,6-7,12H2,1-5H3/b9-8+,17-13+,18-14+. The van der Waals surface area contributed by atoms with E-state index in [2.05, 4.69) is 54.7 Å². The van der Waals surface area contributed by atoms with Gasteiger partial charge in [-0.25, -0.2) is 4.79 Å². The minimum Gasteiger partial charge on any atom is -0.466 e. The molecule has 1 aliphatic heterocycles. The van der Waals surface area contributed by atoms with Crippen LogP contribution in [0.1, 0.15) is 45.2 Å². The van der Waals surface area contributed by atoms with Gasteiger partial charge in [-0.1, -0.05) is 29.9 Å². The zero-order chi connectivity index (χ0) is 18.4. The van der Waals surface area contributed by atoms with E-state index in [0.717, 1.165) is 24.1 Å². The maximum Gasteiger partial charge on any atom is 0.330 e. The van der Waals surface area contributed by atoms with E-state index in [1.807, 2.05) is 19.1 Å². The third-order valence-corrected chi connectivity index (χ3v) is 4.43. The number of nitrogens with zero attached hydrogens (tertiary/aromatic N) is 1. The Bertz CT molecular complexity index is 711. The lowest BCUT2D eigenvalue weighted by Crippen LogP contribution is -2.35. The summed E-state index contributed by atoms with van der Waals surface area (Å²) in [6, 6.07) is 7.28. The van der Waals surface area contributed by atoms with Crippen molar-refractivity contribution in [2.45, 2.75) is 46.6 Å². The molecule has 0 aliphatic carbocycles. The third-order valence-electron chi connectivity index (χ3n) is 4.43. The highest BCUT2D eigenvalue weighted by molar-refractivity contribution is 5.83. The van der Waals surface area contributed by atoms with Crippen molar-refractivity contribution >= 4 is 17.7 Å². The fourth-order valence-corrected chi connectivity index (χ4v) is 3.14. The molecule has 134 valence electrons. The van der Waals surface area contributed by atoms with Crippen LogP contribution in [0.2, 0.25) is 0 Å². The normalized spacial score (nSPS) is 15.7. The number of hydrogen-bond acceptors (Lipinski definition) is 3. The molecule has 0 unspecified atom stereocenters. The van der Waals surface area contributed by atoms with E-state index in [4.69, 9.17) is 0 Å². The Balaban J connectivity index is 2.15. The van der Waals surface area contributed by atoms with E-state index >= 15 is 0 Å². The lowest BCUT2D eigenvalue weighted by Gasteiger charge is -2.34. The molecule has 0 saturated carbocycles. The van der Waals surface area contributed by atoms with E-state index in [9.17, 15) is 4.79 Å². The number of hydrogen-bond donors (Lipinski definition) is 0. The summed E-state index contributed by atoms with van der Waals surface area (Å²) in [4.78, 5) is 13.7. The van der Waals surface area contributed by atoms with Gasteiger partial charge in [0.25, 0.3) is 0 Å². The molecule has 1 aromatic carbocycles. The van der Waals surface area contributed by atoms with Crippen LogP contribution in [0.25, 0.3) is 6.08 Å². The summed E-state index contributed by atoms with van der Waals surface area (Å²) in [5.74, 6) is -0.326. The zero-order valence-corrected chi connectivity index (χ0v) is 16.0. The molecule has 1 aliphatic rings. The fourth-order valence-electron chi connectivity index (χ4n) is 3.14. The van der Waals surface area contributed by atoms with Crippen LogP contribution in [0.4, 0.5) is 5.69 Å². The number of esters is 1. The maximum absolute atomic E-state index is 11.2. The van der Waals surface area contributed by atoms with Crippen LogP contribution in [0.3, 0.4) is 0 Å². The van der Waals surface area contributed by atoms with Crippen LogP contribution in [0.5, 0.6) is 0 Å². The minimum absolute atomic E-state index is 0.326. The number of fused-ring (bicyclic) bond motifs is 1. The molecule has 0 bridgehead atoms. The first-order valence-electron chi connectivity index (χ1n) is 8.93. The second-order valence-corrected chi connectivity index (χ2v) is 6.91. The first-order chi connectivity index (χ1) is 11.9. The average Bonchev–Trinajstić information content (AvgIpc) is 2.59. The molecule has 1 aromatic rings. The van der Waals surface area contributed by atoms with Crippen LogP contribution in [0.15, 0.2) is 47.6 Å². The van der Waals surface area contributed by atoms with Gasteiger partial charge < -0.3 is 9.64 Å². The van der Waals surface area contributed by atoms with Crippen molar-refractivity contribution in [2.75, 3.05) is 18.6 Å². The topological polar surface area (TPSA) is 29.5 Å². The molecule has 3 nitrogen and oxygen atoms in total. The summed E-state index contributed by atoms with van der Waals surface area (Å²) < 4.78 is 4.63. The quantitative estimate of drug-likeness (QED) is 0.433. The molecule has 3 heteroatoms.